The van der Waals surface area contributed by atoms with E-state index < -0.39 is 16.0 Å². The Labute approximate surface area is 180 Å². The highest BCUT2D eigenvalue weighted by molar-refractivity contribution is 7.89. The first-order chi connectivity index (χ1) is 14.8. The van der Waals surface area contributed by atoms with E-state index in [1.165, 1.54) is 60.9 Å². The van der Waals surface area contributed by atoms with E-state index in [-0.39, 0.29) is 48.4 Å². The summed E-state index contributed by atoms with van der Waals surface area (Å²) in [6, 6.07) is 8.90. The van der Waals surface area contributed by atoms with Gasteiger partial charge in [-0.25, -0.2) is 18.2 Å². The molecule has 0 spiro atoms. The fourth-order valence-electron chi connectivity index (χ4n) is 3.19. The van der Waals surface area contributed by atoms with Crippen molar-refractivity contribution in [2.24, 2.45) is 0 Å². The number of rotatable bonds is 6. The zero-order chi connectivity index (χ0) is 22.6. The largest absolute Gasteiger partial charge is 0.493 e. The van der Waals surface area contributed by atoms with Gasteiger partial charge in [-0.3, -0.25) is 4.79 Å². The number of benzene rings is 1. The van der Waals surface area contributed by atoms with Crippen molar-refractivity contribution in [3.05, 3.63) is 47.8 Å². The van der Waals surface area contributed by atoms with Crippen molar-refractivity contribution >= 4 is 21.9 Å². The smallest absolute Gasteiger partial charge is 0.356 e. The average molecular weight is 449 g/mol. The average Bonchev–Trinajstić information content (AvgIpc) is 2.82. The molecule has 0 unspecified atom stereocenters. The second-order valence-corrected chi connectivity index (χ2v) is 8.55. The molecule has 166 valence electrons. The number of carbonyl (C=O) groups is 2. The summed E-state index contributed by atoms with van der Waals surface area (Å²) in [4.78, 5) is 30.0. The molecule has 0 N–H and O–H groups in total. The molecular formula is C20H23N3O7S. The van der Waals surface area contributed by atoms with Crippen molar-refractivity contribution in [3.63, 3.8) is 0 Å². The number of hydrogen-bond acceptors (Lipinski definition) is 8. The van der Waals surface area contributed by atoms with Gasteiger partial charge in [-0.1, -0.05) is 6.07 Å². The number of ether oxygens (including phenoxy) is 3. The Morgan fingerprint density at radius 1 is 0.903 bits per heavy atom. The van der Waals surface area contributed by atoms with Crippen LogP contribution in [-0.2, 0) is 14.8 Å². The molecule has 11 heteroatoms. The van der Waals surface area contributed by atoms with Gasteiger partial charge >= 0.3 is 5.97 Å². The summed E-state index contributed by atoms with van der Waals surface area (Å²) >= 11 is 0. The van der Waals surface area contributed by atoms with E-state index in [9.17, 15) is 18.0 Å². The van der Waals surface area contributed by atoms with Crippen LogP contribution < -0.4 is 9.47 Å². The van der Waals surface area contributed by atoms with E-state index >= 15 is 0 Å². The molecule has 0 bridgehead atoms. The Balaban J connectivity index is 1.71. The molecule has 0 aliphatic carbocycles. The highest BCUT2D eigenvalue weighted by Crippen LogP contribution is 2.31. The van der Waals surface area contributed by atoms with Crippen molar-refractivity contribution in [1.82, 2.24) is 14.2 Å². The number of methoxy groups -OCH3 is 3. The molecule has 1 aliphatic heterocycles. The molecule has 1 aromatic carbocycles. The zero-order valence-electron chi connectivity index (χ0n) is 17.4. The van der Waals surface area contributed by atoms with Crippen LogP contribution in [0.15, 0.2) is 41.3 Å². The summed E-state index contributed by atoms with van der Waals surface area (Å²) in [6.45, 7) is 0.628. The van der Waals surface area contributed by atoms with E-state index in [0.717, 1.165) is 0 Å². The zero-order valence-corrected chi connectivity index (χ0v) is 18.2. The van der Waals surface area contributed by atoms with Crippen molar-refractivity contribution in [3.8, 4) is 11.5 Å². The maximum Gasteiger partial charge on any atom is 0.356 e. The van der Waals surface area contributed by atoms with Gasteiger partial charge in [0.2, 0.25) is 10.0 Å². The van der Waals surface area contributed by atoms with Crippen LogP contribution in [0.5, 0.6) is 11.5 Å². The third-order valence-corrected chi connectivity index (χ3v) is 6.78. The summed E-state index contributed by atoms with van der Waals surface area (Å²) in [5.41, 5.74) is 0.127. The number of carbonyl (C=O) groups excluding carboxylic acids is 2. The predicted molar refractivity (Wildman–Crippen MR) is 110 cm³/mol. The van der Waals surface area contributed by atoms with Gasteiger partial charge in [0.1, 0.15) is 11.4 Å². The summed E-state index contributed by atoms with van der Waals surface area (Å²) in [5, 5.41) is 0. The van der Waals surface area contributed by atoms with Crippen molar-refractivity contribution in [2.45, 2.75) is 4.90 Å². The topological polar surface area (TPSA) is 115 Å². The lowest BCUT2D eigenvalue weighted by Gasteiger charge is -2.33. The number of pyridine rings is 1. The van der Waals surface area contributed by atoms with Gasteiger partial charge in [0.25, 0.3) is 5.91 Å². The Bertz CT molecular complexity index is 1080. The number of sulfonamides is 1. The van der Waals surface area contributed by atoms with E-state index in [0.29, 0.717) is 11.5 Å². The third-order valence-electron chi connectivity index (χ3n) is 4.88. The van der Waals surface area contributed by atoms with Crippen LogP contribution in [0.3, 0.4) is 0 Å². The second kappa shape index (κ2) is 9.31. The second-order valence-electron chi connectivity index (χ2n) is 6.61. The lowest BCUT2D eigenvalue weighted by atomic mass is 10.2. The third kappa shape index (κ3) is 4.62. The van der Waals surface area contributed by atoms with Crippen LogP contribution in [0.4, 0.5) is 0 Å². The Hall–Kier alpha value is -3.18. The molecule has 1 aromatic heterocycles. The highest BCUT2D eigenvalue weighted by Gasteiger charge is 2.31. The van der Waals surface area contributed by atoms with Crippen molar-refractivity contribution in [1.29, 1.82) is 0 Å². The molecule has 2 aromatic rings. The first kappa shape index (κ1) is 22.5. The van der Waals surface area contributed by atoms with Gasteiger partial charge in [-0.2, -0.15) is 4.31 Å². The Kier molecular flexibility index (Phi) is 6.76. The highest BCUT2D eigenvalue weighted by atomic mass is 32.2. The van der Waals surface area contributed by atoms with Gasteiger partial charge in [0, 0.05) is 32.2 Å². The minimum Gasteiger partial charge on any atom is -0.493 e. The van der Waals surface area contributed by atoms with E-state index in [4.69, 9.17) is 9.47 Å². The van der Waals surface area contributed by atoms with E-state index in [1.54, 1.807) is 6.07 Å². The molecule has 0 radical (unpaired) electrons. The number of aromatic nitrogens is 1. The summed E-state index contributed by atoms with van der Waals surface area (Å²) in [5.74, 6) is -0.276. The number of nitrogens with zero attached hydrogens (tertiary/aromatic N) is 3. The Morgan fingerprint density at radius 2 is 1.55 bits per heavy atom. The molecule has 1 fully saturated rings. The number of amides is 1. The molecular weight excluding hydrogens is 426 g/mol. The monoisotopic (exact) mass is 449 g/mol. The minimum atomic E-state index is -3.77. The van der Waals surface area contributed by atoms with Gasteiger partial charge in [-0.15, -0.1) is 0 Å². The SMILES string of the molecule is COC(=O)c1cccc(C(=O)N2CCN(S(=O)(=O)c3ccc(OC)c(OC)c3)CC2)n1. The molecule has 2 heterocycles. The van der Waals surface area contributed by atoms with Gasteiger partial charge < -0.3 is 19.1 Å². The summed E-state index contributed by atoms with van der Waals surface area (Å²) in [7, 11) is 0.364. The fraction of sp³-hybridized carbons (Fsp3) is 0.350. The minimum absolute atomic E-state index is 0.0306. The number of piperazine rings is 1. The molecule has 31 heavy (non-hydrogen) atoms. The molecule has 1 saturated heterocycles. The normalized spacial score (nSPS) is 14.7. The van der Waals surface area contributed by atoms with Crippen LogP contribution in [0.25, 0.3) is 0 Å². The first-order valence-corrected chi connectivity index (χ1v) is 10.8. The molecule has 0 saturated carbocycles. The maximum absolute atomic E-state index is 13.0. The Morgan fingerprint density at radius 3 is 2.16 bits per heavy atom. The van der Waals surface area contributed by atoms with Crippen LogP contribution >= 0.6 is 0 Å². The lowest BCUT2D eigenvalue weighted by molar-refractivity contribution is 0.0593. The van der Waals surface area contributed by atoms with Crippen LogP contribution in [0.2, 0.25) is 0 Å². The standard InChI is InChI=1S/C20H23N3O7S/c1-28-17-8-7-14(13-18(17)29-2)31(26,27)23-11-9-22(10-12-23)19(24)15-5-4-6-16(21-15)20(25)30-3/h4-8,13H,9-12H2,1-3H3. The predicted octanol–water partition coefficient (Wildman–Crippen LogP) is 1.03. The van der Waals surface area contributed by atoms with E-state index in [1.807, 2.05) is 0 Å². The van der Waals surface area contributed by atoms with Crippen LogP contribution in [0, 0.1) is 0 Å². The summed E-state index contributed by atoms with van der Waals surface area (Å²) in [6.07, 6.45) is 0. The summed E-state index contributed by atoms with van der Waals surface area (Å²) < 4.78 is 42.3. The van der Waals surface area contributed by atoms with Gasteiger partial charge in [0.15, 0.2) is 11.5 Å². The fourth-order valence-corrected chi connectivity index (χ4v) is 4.63. The van der Waals surface area contributed by atoms with Crippen molar-refractivity contribution in [2.75, 3.05) is 47.5 Å². The number of esters is 1. The number of hydrogen-bond donors (Lipinski definition) is 0. The molecule has 1 aliphatic rings. The molecule has 10 nitrogen and oxygen atoms in total. The van der Waals surface area contributed by atoms with Gasteiger partial charge in [-0.05, 0) is 24.3 Å². The lowest BCUT2D eigenvalue weighted by Crippen LogP contribution is -2.50. The molecule has 0 atom stereocenters. The van der Waals surface area contributed by atoms with Crippen molar-refractivity contribution < 1.29 is 32.2 Å². The quantitative estimate of drug-likeness (QED) is 0.601. The van der Waals surface area contributed by atoms with Gasteiger partial charge in [0.05, 0.1) is 26.2 Å². The first-order valence-electron chi connectivity index (χ1n) is 9.38. The molecule has 1 amide bonds. The van der Waals surface area contributed by atoms with Crippen LogP contribution in [0.1, 0.15) is 21.0 Å². The molecule has 3 rings (SSSR count). The van der Waals surface area contributed by atoms with Crippen LogP contribution in [-0.4, -0.2) is 82.0 Å². The van der Waals surface area contributed by atoms with E-state index in [2.05, 4.69) is 9.72 Å². The maximum atomic E-state index is 13.0.